The van der Waals surface area contributed by atoms with Gasteiger partial charge in [-0.3, -0.25) is 14.6 Å². The molecule has 2 N–H and O–H groups in total. The molecule has 8 heteroatoms. The van der Waals surface area contributed by atoms with Gasteiger partial charge in [0.15, 0.2) is 5.96 Å². The Balaban J connectivity index is 0.00000576. The molecule has 0 unspecified atom stereocenters. The van der Waals surface area contributed by atoms with Gasteiger partial charge in [0.2, 0.25) is 11.8 Å². The monoisotopic (exact) mass is 467 g/mol. The maximum absolute atomic E-state index is 12.2. The van der Waals surface area contributed by atoms with Crippen LogP contribution in [0.2, 0.25) is 0 Å². The number of amides is 2. The summed E-state index contributed by atoms with van der Waals surface area (Å²) in [6.45, 7) is 9.00. The summed E-state index contributed by atoms with van der Waals surface area (Å²) < 4.78 is 0. The van der Waals surface area contributed by atoms with Gasteiger partial charge >= 0.3 is 0 Å². The zero-order chi connectivity index (χ0) is 17.9. The second kappa shape index (κ2) is 13.2. The Hall–Kier alpha value is -1.06. The number of aliphatic imine (C=N–C) groups is 1. The van der Waals surface area contributed by atoms with Crippen LogP contribution < -0.4 is 10.6 Å². The highest BCUT2D eigenvalue weighted by Gasteiger charge is 2.22. The molecule has 1 aliphatic carbocycles. The third-order valence-electron chi connectivity index (χ3n) is 3.95. The molecule has 7 nitrogen and oxygen atoms in total. The maximum atomic E-state index is 12.2. The summed E-state index contributed by atoms with van der Waals surface area (Å²) in [6.07, 6.45) is 3.44. The van der Waals surface area contributed by atoms with Gasteiger partial charge in [-0.15, -0.1) is 24.0 Å². The number of halogens is 1. The van der Waals surface area contributed by atoms with Gasteiger partial charge in [0.05, 0.1) is 6.54 Å². The molecule has 0 atom stereocenters. The van der Waals surface area contributed by atoms with Gasteiger partial charge in [-0.2, -0.15) is 0 Å². The molecule has 0 radical (unpaired) electrons. The van der Waals surface area contributed by atoms with Gasteiger partial charge in [-0.05, 0) is 40.0 Å². The van der Waals surface area contributed by atoms with Crippen molar-refractivity contribution in [3.63, 3.8) is 0 Å². The van der Waals surface area contributed by atoms with Crippen molar-refractivity contribution in [2.24, 2.45) is 4.99 Å². The molecule has 0 aromatic carbocycles. The van der Waals surface area contributed by atoms with E-state index in [2.05, 4.69) is 15.6 Å². The second-order valence-electron chi connectivity index (χ2n) is 6.10. The van der Waals surface area contributed by atoms with Crippen molar-refractivity contribution < 1.29 is 9.59 Å². The minimum Gasteiger partial charge on any atom is -0.357 e. The van der Waals surface area contributed by atoms with Crippen molar-refractivity contribution >= 4 is 41.8 Å². The third-order valence-corrected chi connectivity index (χ3v) is 3.95. The first-order valence-electron chi connectivity index (χ1n) is 9.08. The molecule has 0 aromatic heterocycles. The molecule has 0 spiro atoms. The number of guanidine groups is 1. The number of rotatable bonds is 10. The molecule has 1 aliphatic rings. The molecule has 25 heavy (non-hydrogen) atoms. The van der Waals surface area contributed by atoms with Gasteiger partial charge in [-0.25, -0.2) is 0 Å². The highest BCUT2D eigenvalue weighted by Crippen LogP contribution is 2.18. The quantitative estimate of drug-likeness (QED) is 0.221. The third kappa shape index (κ3) is 9.86. The second-order valence-corrected chi connectivity index (χ2v) is 6.10. The summed E-state index contributed by atoms with van der Waals surface area (Å²) in [5, 5.41) is 6.18. The summed E-state index contributed by atoms with van der Waals surface area (Å²) in [6, 6.07) is 0.413. The van der Waals surface area contributed by atoms with E-state index in [0.29, 0.717) is 51.0 Å². The van der Waals surface area contributed by atoms with E-state index >= 15 is 0 Å². The van der Waals surface area contributed by atoms with E-state index in [1.165, 1.54) is 0 Å². The van der Waals surface area contributed by atoms with Crippen molar-refractivity contribution in [2.75, 3.05) is 39.8 Å². The number of hydrogen-bond acceptors (Lipinski definition) is 3. The first kappa shape index (κ1) is 23.9. The van der Waals surface area contributed by atoms with Crippen LogP contribution in [-0.4, -0.2) is 73.4 Å². The van der Waals surface area contributed by atoms with Crippen LogP contribution in [0.3, 0.4) is 0 Å². The summed E-state index contributed by atoms with van der Waals surface area (Å²) in [4.78, 5) is 32.0. The molecular weight excluding hydrogens is 433 g/mol. The minimum atomic E-state index is 0. The Morgan fingerprint density at radius 1 is 1.16 bits per heavy atom. The highest BCUT2D eigenvalue weighted by molar-refractivity contribution is 14.0. The smallest absolute Gasteiger partial charge is 0.242 e. The first-order chi connectivity index (χ1) is 11.5. The van der Waals surface area contributed by atoms with Gasteiger partial charge in [0.1, 0.15) is 0 Å². The van der Waals surface area contributed by atoms with Gasteiger partial charge < -0.3 is 20.4 Å². The van der Waals surface area contributed by atoms with Crippen LogP contribution in [0, 0.1) is 0 Å². The largest absolute Gasteiger partial charge is 0.357 e. The summed E-state index contributed by atoms with van der Waals surface area (Å²) >= 11 is 0. The van der Waals surface area contributed by atoms with E-state index in [1.807, 2.05) is 37.6 Å². The summed E-state index contributed by atoms with van der Waals surface area (Å²) in [7, 11) is 1.86. The minimum absolute atomic E-state index is 0. The van der Waals surface area contributed by atoms with Crippen LogP contribution in [0.15, 0.2) is 4.99 Å². The SMILES string of the molecule is CCNC(=NCCCC(=O)NC1CC1)N(C)CC(=O)N(CC)CC.I. The Kier molecular flexibility index (Phi) is 12.6. The molecule has 0 aliphatic heterocycles. The summed E-state index contributed by atoms with van der Waals surface area (Å²) in [5.41, 5.74) is 0. The molecule has 1 rings (SSSR count). The highest BCUT2D eigenvalue weighted by atomic mass is 127. The Morgan fingerprint density at radius 2 is 1.80 bits per heavy atom. The first-order valence-corrected chi connectivity index (χ1v) is 9.08. The van der Waals surface area contributed by atoms with E-state index in [-0.39, 0.29) is 35.8 Å². The lowest BCUT2D eigenvalue weighted by Crippen LogP contribution is -2.45. The predicted octanol–water partition coefficient (Wildman–Crippen LogP) is 1.43. The molecule has 0 bridgehead atoms. The van der Waals surface area contributed by atoms with E-state index in [4.69, 9.17) is 0 Å². The maximum Gasteiger partial charge on any atom is 0.242 e. The van der Waals surface area contributed by atoms with Gasteiger partial charge in [-0.1, -0.05) is 0 Å². The van der Waals surface area contributed by atoms with Crippen molar-refractivity contribution in [1.29, 1.82) is 0 Å². The molecule has 1 saturated carbocycles. The van der Waals surface area contributed by atoms with Crippen LogP contribution in [0.1, 0.15) is 46.5 Å². The molecule has 0 heterocycles. The Morgan fingerprint density at radius 3 is 2.32 bits per heavy atom. The van der Waals surface area contributed by atoms with Crippen molar-refractivity contribution in [2.45, 2.75) is 52.5 Å². The van der Waals surface area contributed by atoms with Crippen LogP contribution >= 0.6 is 24.0 Å². The Labute approximate surface area is 169 Å². The van der Waals surface area contributed by atoms with Crippen molar-refractivity contribution in [1.82, 2.24) is 20.4 Å². The zero-order valence-corrected chi connectivity index (χ0v) is 18.3. The molecule has 1 fully saturated rings. The fourth-order valence-electron chi connectivity index (χ4n) is 2.38. The number of likely N-dealkylation sites (N-methyl/N-ethyl adjacent to an activating group) is 2. The van der Waals surface area contributed by atoms with Gasteiger partial charge in [0, 0.05) is 45.7 Å². The lowest BCUT2D eigenvalue weighted by Gasteiger charge is -2.25. The average molecular weight is 467 g/mol. The lowest BCUT2D eigenvalue weighted by atomic mass is 10.3. The lowest BCUT2D eigenvalue weighted by molar-refractivity contribution is -0.131. The molecule has 146 valence electrons. The number of carbonyl (C=O) groups is 2. The molecule has 0 saturated heterocycles. The van der Waals surface area contributed by atoms with Crippen LogP contribution in [-0.2, 0) is 9.59 Å². The van der Waals surface area contributed by atoms with Crippen LogP contribution in [0.25, 0.3) is 0 Å². The average Bonchev–Trinajstić information content (AvgIpc) is 3.35. The normalized spacial score (nSPS) is 13.7. The van der Waals surface area contributed by atoms with Crippen LogP contribution in [0.4, 0.5) is 0 Å². The van der Waals surface area contributed by atoms with Crippen LogP contribution in [0.5, 0.6) is 0 Å². The van der Waals surface area contributed by atoms with Gasteiger partial charge in [0.25, 0.3) is 0 Å². The van der Waals surface area contributed by atoms with Crippen molar-refractivity contribution in [3.8, 4) is 0 Å². The van der Waals surface area contributed by atoms with E-state index in [9.17, 15) is 9.59 Å². The topological polar surface area (TPSA) is 77.0 Å². The standard InChI is InChI=1S/C17H33N5O2.HI/c1-5-18-17(21(4)13-16(24)22(6-2)7-3)19-12-8-9-15(23)20-14-10-11-14;/h14H,5-13H2,1-4H3,(H,18,19)(H,20,23);1H. The Bertz CT molecular complexity index is 437. The molecular formula is C17H34IN5O2. The zero-order valence-electron chi connectivity index (χ0n) is 16.0. The van der Waals surface area contributed by atoms with E-state index in [1.54, 1.807) is 0 Å². The van der Waals surface area contributed by atoms with E-state index < -0.39 is 0 Å². The molecule has 2 amide bonds. The van der Waals surface area contributed by atoms with E-state index in [0.717, 1.165) is 19.4 Å². The summed E-state index contributed by atoms with van der Waals surface area (Å²) in [5.74, 6) is 0.917. The number of nitrogens with one attached hydrogen (secondary N) is 2. The fraction of sp³-hybridized carbons (Fsp3) is 0.824. The predicted molar refractivity (Wildman–Crippen MR) is 112 cm³/mol. The van der Waals surface area contributed by atoms with Crippen molar-refractivity contribution in [3.05, 3.63) is 0 Å². The molecule has 0 aromatic rings. The fourth-order valence-corrected chi connectivity index (χ4v) is 2.38. The number of nitrogens with zero attached hydrogens (tertiary/aromatic N) is 3. The number of carbonyl (C=O) groups excluding carboxylic acids is 2. The number of hydrogen-bond donors (Lipinski definition) is 2.